The summed E-state index contributed by atoms with van der Waals surface area (Å²) in [5, 5.41) is 14.8. The third kappa shape index (κ3) is 4.15. The van der Waals surface area contributed by atoms with Crippen molar-refractivity contribution in [2.24, 2.45) is 5.10 Å². The van der Waals surface area contributed by atoms with Crippen LogP contribution in [-0.4, -0.2) is 11.1 Å². The van der Waals surface area contributed by atoms with Crippen molar-refractivity contribution in [1.82, 2.24) is 0 Å². The summed E-state index contributed by atoms with van der Waals surface area (Å²) >= 11 is 0. The molecule has 0 aliphatic carbocycles. The van der Waals surface area contributed by atoms with Crippen molar-refractivity contribution in [3.8, 4) is 0 Å². The first-order valence-electron chi connectivity index (χ1n) is 7.00. The zero-order valence-corrected chi connectivity index (χ0v) is 12.9. The van der Waals surface area contributed by atoms with E-state index in [1.165, 1.54) is 17.7 Å². The lowest BCUT2D eigenvalue weighted by atomic mass is 9.87. The Bertz CT molecular complexity index is 686. The summed E-state index contributed by atoms with van der Waals surface area (Å²) in [6.45, 7) is 6.50. The molecule has 0 aliphatic heterocycles. The van der Waals surface area contributed by atoms with Crippen molar-refractivity contribution >= 4 is 17.6 Å². The van der Waals surface area contributed by atoms with Crippen LogP contribution in [0, 0.1) is 10.1 Å². The minimum atomic E-state index is -0.430. The van der Waals surface area contributed by atoms with E-state index in [1.807, 2.05) is 12.1 Å². The van der Waals surface area contributed by atoms with Gasteiger partial charge in [-0.25, -0.2) is 0 Å². The predicted molar refractivity (Wildman–Crippen MR) is 89.5 cm³/mol. The molecular weight excluding hydrogens is 278 g/mol. The van der Waals surface area contributed by atoms with Gasteiger partial charge in [0.25, 0.3) is 5.69 Å². The van der Waals surface area contributed by atoms with Crippen LogP contribution in [0.5, 0.6) is 0 Å². The molecule has 5 nitrogen and oxygen atoms in total. The summed E-state index contributed by atoms with van der Waals surface area (Å²) in [5.41, 5.74) is 5.76. The van der Waals surface area contributed by atoms with E-state index in [-0.39, 0.29) is 11.1 Å². The van der Waals surface area contributed by atoms with Crippen LogP contribution in [0.3, 0.4) is 0 Å². The van der Waals surface area contributed by atoms with Crippen LogP contribution in [0.25, 0.3) is 0 Å². The van der Waals surface area contributed by atoms with Gasteiger partial charge in [-0.2, -0.15) is 5.10 Å². The van der Waals surface area contributed by atoms with E-state index in [0.29, 0.717) is 5.69 Å². The third-order valence-electron chi connectivity index (χ3n) is 3.24. The summed E-state index contributed by atoms with van der Waals surface area (Å²) in [6, 6.07) is 14.4. The number of nitro benzene ring substituents is 1. The second-order valence-corrected chi connectivity index (χ2v) is 6.05. The molecular formula is C17H19N3O2. The largest absolute Gasteiger partial charge is 0.278 e. The van der Waals surface area contributed by atoms with Gasteiger partial charge in [-0.3, -0.25) is 15.5 Å². The van der Waals surface area contributed by atoms with Gasteiger partial charge in [0.15, 0.2) is 0 Å². The van der Waals surface area contributed by atoms with Crippen molar-refractivity contribution < 1.29 is 4.92 Å². The Kier molecular flexibility index (Phi) is 4.56. The van der Waals surface area contributed by atoms with Crippen LogP contribution < -0.4 is 5.43 Å². The topological polar surface area (TPSA) is 67.5 Å². The highest BCUT2D eigenvalue weighted by molar-refractivity contribution is 5.80. The molecule has 2 aromatic carbocycles. The van der Waals surface area contributed by atoms with Crippen molar-refractivity contribution in [1.29, 1.82) is 0 Å². The highest BCUT2D eigenvalue weighted by atomic mass is 16.6. The molecule has 0 radical (unpaired) electrons. The maximum atomic E-state index is 10.7. The molecule has 0 fully saturated rings. The lowest BCUT2D eigenvalue weighted by Crippen LogP contribution is -2.10. The molecule has 0 atom stereocenters. The molecule has 0 aliphatic rings. The fourth-order valence-corrected chi connectivity index (χ4v) is 1.94. The van der Waals surface area contributed by atoms with E-state index >= 15 is 0 Å². The highest BCUT2D eigenvalue weighted by Crippen LogP contribution is 2.22. The number of nitrogens with one attached hydrogen (secondary N) is 1. The number of hydrogen-bond donors (Lipinski definition) is 1. The molecule has 2 aromatic rings. The van der Waals surface area contributed by atoms with Crippen LogP contribution in [0.2, 0.25) is 0 Å². The Hall–Kier alpha value is -2.69. The van der Waals surface area contributed by atoms with Gasteiger partial charge in [0.1, 0.15) is 0 Å². The minimum Gasteiger partial charge on any atom is -0.278 e. The molecule has 0 spiro atoms. The van der Waals surface area contributed by atoms with E-state index in [1.54, 1.807) is 18.3 Å². The molecule has 0 bridgehead atoms. The molecule has 1 N–H and O–H groups in total. The molecule has 22 heavy (non-hydrogen) atoms. The first kappa shape index (κ1) is 15.7. The molecule has 0 unspecified atom stereocenters. The minimum absolute atomic E-state index is 0.0368. The molecule has 114 valence electrons. The van der Waals surface area contributed by atoms with Crippen LogP contribution in [0.1, 0.15) is 31.9 Å². The number of nitro groups is 1. The zero-order chi connectivity index (χ0) is 16.2. The van der Waals surface area contributed by atoms with Crippen LogP contribution in [-0.2, 0) is 5.41 Å². The van der Waals surface area contributed by atoms with Gasteiger partial charge in [0, 0.05) is 12.1 Å². The fraction of sp³-hybridized carbons (Fsp3) is 0.235. The van der Waals surface area contributed by atoms with Crippen molar-refractivity contribution in [3.05, 3.63) is 69.8 Å². The molecule has 0 aromatic heterocycles. The molecule has 0 heterocycles. The normalized spacial score (nSPS) is 11.6. The van der Waals surface area contributed by atoms with Crippen molar-refractivity contribution in [3.63, 3.8) is 0 Å². The lowest BCUT2D eigenvalue weighted by Gasteiger charge is -2.18. The van der Waals surface area contributed by atoms with Gasteiger partial charge >= 0.3 is 0 Å². The second-order valence-electron chi connectivity index (χ2n) is 6.05. The summed E-state index contributed by atoms with van der Waals surface area (Å²) in [4.78, 5) is 10.3. The molecule has 5 heteroatoms. The smallest absolute Gasteiger partial charge is 0.271 e. The van der Waals surface area contributed by atoms with Gasteiger partial charge in [-0.1, -0.05) is 51.1 Å². The first-order valence-corrected chi connectivity index (χ1v) is 7.00. The molecule has 0 saturated carbocycles. The number of anilines is 1. The van der Waals surface area contributed by atoms with E-state index in [0.717, 1.165) is 5.56 Å². The van der Waals surface area contributed by atoms with Gasteiger partial charge < -0.3 is 0 Å². The number of hydrogen-bond acceptors (Lipinski definition) is 4. The third-order valence-corrected chi connectivity index (χ3v) is 3.24. The standard InChI is InChI=1S/C17H19N3O2/c1-17(2,3)14-9-7-13(8-10-14)12-18-19-15-5-4-6-16(11-15)20(21)22/h4-12,19H,1-3H3/b18-12-. The summed E-state index contributed by atoms with van der Waals surface area (Å²) in [5.74, 6) is 0. The Morgan fingerprint density at radius 2 is 1.82 bits per heavy atom. The lowest BCUT2D eigenvalue weighted by molar-refractivity contribution is -0.384. The second kappa shape index (κ2) is 6.39. The average Bonchev–Trinajstić information content (AvgIpc) is 2.47. The number of nitrogens with zero attached hydrogens (tertiary/aromatic N) is 2. The quantitative estimate of drug-likeness (QED) is 0.518. The fourth-order valence-electron chi connectivity index (χ4n) is 1.94. The van der Waals surface area contributed by atoms with E-state index in [4.69, 9.17) is 0 Å². The van der Waals surface area contributed by atoms with E-state index < -0.39 is 4.92 Å². The molecule has 2 rings (SSSR count). The summed E-state index contributed by atoms with van der Waals surface area (Å²) in [7, 11) is 0. The van der Waals surface area contributed by atoms with Crippen molar-refractivity contribution in [2.75, 3.05) is 5.43 Å². The maximum absolute atomic E-state index is 10.7. The Morgan fingerprint density at radius 1 is 1.14 bits per heavy atom. The van der Waals surface area contributed by atoms with Gasteiger partial charge in [-0.05, 0) is 22.6 Å². The SMILES string of the molecule is CC(C)(C)c1ccc(/C=N\Nc2cccc([N+](=O)[O-])c2)cc1. The van der Waals surface area contributed by atoms with Crippen LogP contribution in [0.15, 0.2) is 53.6 Å². The Labute approximate surface area is 129 Å². The summed E-state index contributed by atoms with van der Waals surface area (Å²) < 4.78 is 0. The van der Waals surface area contributed by atoms with Gasteiger partial charge in [-0.15, -0.1) is 0 Å². The monoisotopic (exact) mass is 297 g/mol. The molecule has 0 saturated heterocycles. The predicted octanol–water partition coefficient (Wildman–Crippen LogP) is 4.34. The summed E-state index contributed by atoms with van der Waals surface area (Å²) in [6.07, 6.45) is 1.69. The number of hydrazone groups is 1. The van der Waals surface area contributed by atoms with Gasteiger partial charge in [0.2, 0.25) is 0 Å². The number of rotatable bonds is 4. The average molecular weight is 297 g/mol. The van der Waals surface area contributed by atoms with Gasteiger partial charge in [0.05, 0.1) is 16.8 Å². The van der Waals surface area contributed by atoms with Crippen molar-refractivity contribution in [2.45, 2.75) is 26.2 Å². The van der Waals surface area contributed by atoms with Crippen LogP contribution in [0.4, 0.5) is 11.4 Å². The van der Waals surface area contributed by atoms with Crippen LogP contribution >= 0.6 is 0 Å². The zero-order valence-electron chi connectivity index (χ0n) is 12.9. The van der Waals surface area contributed by atoms with E-state index in [9.17, 15) is 10.1 Å². The number of benzene rings is 2. The Balaban J connectivity index is 2.03. The molecule has 0 amide bonds. The van der Waals surface area contributed by atoms with E-state index in [2.05, 4.69) is 43.4 Å². The maximum Gasteiger partial charge on any atom is 0.271 e. The number of non-ortho nitro benzene ring substituents is 1. The Morgan fingerprint density at radius 3 is 2.41 bits per heavy atom. The first-order chi connectivity index (χ1) is 10.4. The highest BCUT2D eigenvalue weighted by Gasteiger charge is 2.12.